The van der Waals surface area contributed by atoms with E-state index in [2.05, 4.69) is 31.7 Å². The minimum atomic E-state index is -0.359. The number of carbonyl (C=O) groups is 1. The highest BCUT2D eigenvalue weighted by molar-refractivity contribution is 7.07. The van der Waals surface area contributed by atoms with Crippen molar-refractivity contribution in [2.75, 3.05) is 20.6 Å². The fourth-order valence-corrected chi connectivity index (χ4v) is 2.65. The van der Waals surface area contributed by atoms with Gasteiger partial charge in [0.15, 0.2) is 0 Å². The molecule has 0 aliphatic carbocycles. The lowest BCUT2D eigenvalue weighted by molar-refractivity contribution is -0.124. The zero-order chi connectivity index (χ0) is 14.5. The summed E-state index contributed by atoms with van der Waals surface area (Å²) in [4.78, 5) is 18.1. The molecular formula is C13H19N5OS. The first-order valence-corrected chi connectivity index (χ1v) is 7.34. The van der Waals surface area contributed by atoms with E-state index in [0.717, 1.165) is 0 Å². The summed E-state index contributed by atoms with van der Waals surface area (Å²) in [6.45, 7) is 2.38. The molecule has 2 atom stereocenters. The minimum Gasteiger partial charge on any atom is -0.352 e. The average molecular weight is 293 g/mol. The van der Waals surface area contributed by atoms with E-state index in [1.807, 2.05) is 19.5 Å². The van der Waals surface area contributed by atoms with E-state index in [0.29, 0.717) is 6.54 Å². The molecule has 0 fully saturated rings. The van der Waals surface area contributed by atoms with Crippen molar-refractivity contribution in [3.05, 3.63) is 35.0 Å². The lowest BCUT2D eigenvalue weighted by Crippen LogP contribution is -2.37. The van der Waals surface area contributed by atoms with Crippen molar-refractivity contribution in [2.24, 2.45) is 0 Å². The molecule has 6 nitrogen and oxygen atoms in total. The standard InChI is InChI=1S/C13H19N5OS/c1-10(18-9-14-8-16-18)13(19)15-6-12(17(2)3)11-4-5-20-7-11/h4-5,7-10,12H,6H2,1-3H3,(H,15,19)/t10-,12-/m1/s1. The van der Waals surface area contributed by atoms with E-state index in [4.69, 9.17) is 0 Å². The molecule has 0 aromatic carbocycles. The summed E-state index contributed by atoms with van der Waals surface area (Å²) in [6.07, 6.45) is 2.98. The van der Waals surface area contributed by atoms with Crippen LogP contribution in [0.15, 0.2) is 29.5 Å². The third-order valence-electron chi connectivity index (χ3n) is 3.23. The molecule has 0 unspecified atom stereocenters. The van der Waals surface area contributed by atoms with Gasteiger partial charge in [-0.2, -0.15) is 16.4 Å². The van der Waals surface area contributed by atoms with Gasteiger partial charge in [0.25, 0.3) is 0 Å². The second kappa shape index (κ2) is 6.62. The third-order valence-corrected chi connectivity index (χ3v) is 3.94. The van der Waals surface area contributed by atoms with Crippen molar-refractivity contribution in [3.8, 4) is 0 Å². The second-order valence-electron chi connectivity index (χ2n) is 4.83. The van der Waals surface area contributed by atoms with Crippen molar-refractivity contribution in [3.63, 3.8) is 0 Å². The quantitative estimate of drug-likeness (QED) is 0.872. The maximum absolute atomic E-state index is 12.1. The van der Waals surface area contributed by atoms with Crippen LogP contribution in [0.5, 0.6) is 0 Å². The Morgan fingerprint density at radius 1 is 1.55 bits per heavy atom. The molecule has 2 aromatic rings. The van der Waals surface area contributed by atoms with Crippen LogP contribution >= 0.6 is 11.3 Å². The molecular weight excluding hydrogens is 274 g/mol. The van der Waals surface area contributed by atoms with E-state index in [1.165, 1.54) is 11.9 Å². The molecule has 0 spiro atoms. The van der Waals surface area contributed by atoms with Crippen LogP contribution in [0.4, 0.5) is 0 Å². The molecule has 2 rings (SSSR count). The molecule has 1 N–H and O–H groups in total. The van der Waals surface area contributed by atoms with Gasteiger partial charge in [-0.05, 0) is 43.4 Å². The van der Waals surface area contributed by atoms with E-state index < -0.39 is 0 Å². The Hall–Kier alpha value is -1.73. The van der Waals surface area contributed by atoms with Crippen molar-refractivity contribution in [2.45, 2.75) is 19.0 Å². The number of amides is 1. The molecule has 0 saturated carbocycles. The van der Waals surface area contributed by atoms with Crippen LogP contribution < -0.4 is 5.32 Å². The Kier molecular flexibility index (Phi) is 4.86. The van der Waals surface area contributed by atoms with Gasteiger partial charge in [0.2, 0.25) is 5.91 Å². The third kappa shape index (κ3) is 3.43. The monoisotopic (exact) mass is 293 g/mol. The van der Waals surface area contributed by atoms with Gasteiger partial charge in [-0.25, -0.2) is 9.67 Å². The Balaban J connectivity index is 1.94. The molecule has 0 saturated heterocycles. The molecule has 108 valence electrons. The minimum absolute atomic E-state index is 0.0578. The van der Waals surface area contributed by atoms with Gasteiger partial charge in [-0.15, -0.1) is 0 Å². The number of thiophene rings is 1. The van der Waals surface area contributed by atoms with Crippen molar-refractivity contribution < 1.29 is 4.79 Å². The Morgan fingerprint density at radius 2 is 2.35 bits per heavy atom. The van der Waals surface area contributed by atoms with Gasteiger partial charge < -0.3 is 10.2 Å². The summed E-state index contributed by atoms with van der Waals surface area (Å²) < 4.78 is 1.55. The predicted molar refractivity (Wildman–Crippen MR) is 78.5 cm³/mol. The largest absolute Gasteiger partial charge is 0.352 e. The first-order valence-electron chi connectivity index (χ1n) is 6.40. The highest BCUT2D eigenvalue weighted by Crippen LogP contribution is 2.20. The summed E-state index contributed by atoms with van der Waals surface area (Å²) in [5.41, 5.74) is 1.22. The average Bonchev–Trinajstić information content (AvgIpc) is 3.10. The van der Waals surface area contributed by atoms with Gasteiger partial charge in [0.05, 0.1) is 6.04 Å². The number of hydrogen-bond donors (Lipinski definition) is 1. The van der Waals surface area contributed by atoms with Gasteiger partial charge in [0, 0.05) is 6.54 Å². The summed E-state index contributed by atoms with van der Waals surface area (Å²) in [5, 5.41) is 11.1. The SMILES string of the molecule is C[C@H](C(=O)NC[C@H](c1ccsc1)N(C)C)n1cncn1. The van der Waals surface area contributed by atoms with E-state index >= 15 is 0 Å². The molecule has 2 heterocycles. The number of nitrogens with one attached hydrogen (secondary N) is 1. The molecule has 2 aromatic heterocycles. The van der Waals surface area contributed by atoms with Crippen LogP contribution in [-0.2, 0) is 4.79 Å². The number of likely N-dealkylation sites (N-methyl/N-ethyl adjacent to an activating group) is 1. The number of rotatable bonds is 6. The molecule has 0 aliphatic heterocycles. The van der Waals surface area contributed by atoms with Crippen molar-refractivity contribution >= 4 is 17.2 Å². The highest BCUT2D eigenvalue weighted by atomic mass is 32.1. The van der Waals surface area contributed by atoms with Crippen LogP contribution in [0.2, 0.25) is 0 Å². The smallest absolute Gasteiger partial charge is 0.244 e. The molecule has 0 radical (unpaired) electrons. The number of carbonyl (C=O) groups excluding carboxylic acids is 1. The first-order chi connectivity index (χ1) is 9.59. The molecule has 0 bridgehead atoms. The van der Waals surface area contributed by atoms with E-state index in [9.17, 15) is 4.79 Å². The van der Waals surface area contributed by atoms with E-state index in [-0.39, 0.29) is 18.0 Å². The molecule has 20 heavy (non-hydrogen) atoms. The van der Waals surface area contributed by atoms with Crippen LogP contribution in [-0.4, -0.2) is 46.2 Å². The van der Waals surface area contributed by atoms with Crippen molar-refractivity contribution in [1.29, 1.82) is 0 Å². The fourth-order valence-electron chi connectivity index (χ4n) is 1.95. The van der Waals surface area contributed by atoms with Crippen LogP contribution in [0.1, 0.15) is 24.6 Å². The maximum atomic E-state index is 12.1. The normalized spacial score (nSPS) is 14.2. The number of nitrogens with zero attached hydrogens (tertiary/aromatic N) is 4. The van der Waals surface area contributed by atoms with Crippen molar-refractivity contribution in [1.82, 2.24) is 25.0 Å². The topological polar surface area (TPSA) is 63.1 Å². The Bertz CT molecular complexity index is 523. The van der Waals surface area contributed by atoms with Gasteiger partial charge in [0.1, 0.15) is 18.7 Å². The number of hydrogen-bond acceptors (Lipinski definition) is 5. The van der Waals surface area contributed by atoms with Gasteiger partial charge in [-0.1, -0.05) is 0 Å². The van der Waals surface area contributed by atoms with Gasteiger partial charge in [-0.3, -0.25) is 4.79 Å². The summed E-state index contributed by atoms with van der Waals surface area (Å²) in [5.74, 6) is -0.0578. The zero-order valence-electron chi connectivity index (χ0n) is 11.9. The van der Waals surface area contributed by atoms with E-state index in [1.54, 1.807) is 29.3 Å². The van der Waals surface area contributed by atoms with Crippen LogP contribution in [0, 0.1) is 0 Å². The number of aromatic nitrogens is 3. The summed E-state index contributed by atoms with van der Waals surface area (Å²) >= 11 is 1.66. The fraction of sp³-hybridized carbons (Fsp3) is 0.462. The zero-order valence-corrected chi connectivity index (χ0v) is 12.7. The summed E-state index contributed by atoms with van der Waals surface area (Å²) in [6, 6.07) is 1.90. The first kappa shape index (κ1) is 14.7. The van der Waals surface area contributed by atoms with Crippen LogP contribution in [0.25, 0.3) is 0 Å². The molecule has 1 amide bonds. The lowest BCUT2D eigenvalue weighted by atomic mass is 10.1. The lowest BCUT2D eigenvalue weighted by Gasteiger charge is -2.24. The second-order valence-corrected chi connectivity index (χ2v) is 5.61. The maximum Gasteiger partial charge on any atom is 0.244 e. The highest BCUT2D eigenvalue weighted by Gasteiger charge is 2.19. The molecule has 0 aliphatic rings. The van der Waals surface area contributed by atoms with Gasteiger partial charge >= 0.3 is 0 Å². The Labute approximate surface area is 122 Å². The summed E-state index contributed by atoms with van der Waals surface area (Å²) in [7, 11) is 4.02. The predicted octanol–water partition coefficient (Wildman–Crippen LogP) is 1.32. The van der Waals surface area contributed by atoms with Crippen LogP contribution in [0.3, 0.4) is 0 Å². The Morgan fingerprint density at radius 3 is 2.90 bits per heavy atom. The molecule has 7 heteroatoms.